The Morgan fingerprint density at radius 3 is 2.55 bits per heavy atom. The number of nitrogen functional groups attached to an aromatic ring is 2. The molecule has 0 aliphatic carbocycles. The third-order valence-corrected chi connectivity index (χ3v) is 3.25. The number of nitrogens with zero attached hydrogens (tertiary/aromatic N) is 2. The molecule has 0 saturated heterocycles. The molecule has 3 aromatic rings. The highest BCUT2D eigenvalue weighted by atomic mass is 16.1. The smallest absolute Gasteiger partial charge is 0.215 e. The predicted molar refractivity (Wildman–Crippen MR) is 86.2 cm³/mol. The second-order valence-electron chi connectivity index (χ2n) is 4.80. The van der Waals surface area contributed by atoms with Crippen LogP contribution in [0.25, 0.3) is 11.3 Å². The maximum Gasteiger partial charge on any atom is 0.215 e. The highest BCUT2D eigenvalue weighted by Crippen LogP contribution is 2.21. The Labute approximate surface area is 127 Å². The first-order valence-corrected chi connectivity index (χ1v) is 6.73. The largest absolute Gasteiger partial charge is 0.399 e. The van der Waals surface area contributed by atoms with Gasteiger partial charge < -0.3 is 11.5 Å². The summed E-state index contributed by atoms with van der Waals surface area (Å²) in [7, 11) is 0. The van der Waals surface area contributed by atoms with Gasteiger partial charge in [-0.05, 0) is 36.4 Å². The van der Waals surface area contributed by atoms with Crippen LogP contribution in [0.15, 0.2) is 60.8 Å². The van der Waals surface area contributed by atoms with Crippen LogP contribution in [0.3, 0.4) is 0 Å². The molecule has 5 heteroatoms. The van der Waals surface area contributed by atoms with E-state index in [4.69, 9.17) is 11.5 Å². The first-order valence-electron chi connectivity index (χ1n) is 6.73. The molecule has 5 nitrogen and oxygen atoms in total. The van der Waals surface area contributed by atoms with Crippen molar-refractivity contribution in [1.29, 1.82) is 0 Å². The molecule has 0 atom stereocenters. The number of hydrogen-bond acceptors (Lipinski definition) is 5. The van der Waals surface area contributed by atoms with Gasteiger partial charge in [0.05, 0.1) is 11.3 Å². The Hall–Kier alpha value is -3.21. The minimum absolute atomic E-state index is 0.198. The highest BCUT2D eigenvalue weighted by molar-refractivity contribution is 6.10. The number of benzene rings is 1. The standard InChI is InChI=1S/C17H14N4O/c18-12-5-1-4-11(10-12)14-7-2-8-15(21-14)16(22)13-6-3-9-20-17(13)19/h1-10H,18H2,(H2,19,20). The summed E-state index contributed by atoms with van der Waals surface area (Å²) < 4.78 is 0. The molecule has 1 aromatic carbocycles. The van der Waals surface area contributed by atoms with Crippen LogP contribution in [-0.4, -0.2) is 15.8 Å². The summed E-state index contributed by atoms with van der Waals surface area (Å²) in [4.78, 5) is 20.9. The number of carbonyl (C=O) groups is 1. The van der Waals surface area contributed by atoms with Gasteiger partial charge in [0.1, 0.15) is 11.5 Å². The van der Waals surface area contributed by atoms with E-state index in [1.54, 1.807) is 36.5 Å². The fourth-order valence-electron chi connectivity index (χ4n) is 2.17. The molecule has 0 amide bonds. The maximum absolute atomic E-state index is 12.5. The number of hydrogen-bond donors (Lipinski definition) is 2. The van der Waals surface area contributed by atoms with Gasteiger partial charge in [0, 0.05) is 17.4 Å². The molecular weight excluding hydrogens is 276 g/mol. The molecule has 0 unspecified atom stereocenters. The van der Waals surface area contributed by atoms with E-state index in [-0.39, 0.29) is 11.6 Å². The molecule has 2 heterocycles. The molecule has 2 aromatic heterocycles. The van der Waals surface area contributed by atoms with Crippen molar-refractivity contribution in [3.8, 4) is 11.3 Å². The zero-order valence-corrected chi connectivity index (χ0v) is 11.7. The number of nitrogens with two attached hydrogens (primary N) is 2. The molecule has 0 aliphatic rings. The summed E-state index contributed by atoms with van der Waals surface area (Å²) in [5, 5.41) is 0. The Balaban J connectivity index is 2.01. The first kappa shape index (κ1) is 13.8. The molecule has 0 saturated carbocycles. The lowest BCUT2D eigenvalue weighted by atomic mass is 10.1. The zero-order chi connectivity index (χ0) is 15.5. The van der Waals surface area contributed by atoms with Crippen molar-refractivity contribution in [3.05, 3.63) is 72.1 Å². The molecule has 4 N–H and O–H groups in total. The molecule has 0 spiro atoms. The summed E-state index contributed by atoms with van der Waals surface area (Å²) in [6, 6.07) is 15.9. The quantitative estimate of drug-likeness (QED) is 0.571. The van der Waals surface area contributed by atoms with E-state index in [0.29, 0.717) is 22.6 Å². The van der Waals surface area contributed by atoms with Crippen molar-refractivity contribution in [3.63, 3.8) is 0 Å². The SMILES string of the molecule is Nc1cccc(-c2cccc(C(=O)c3cccnc3N)n2)c1. The number of pyridine rings is 2. The van der Waals surface area contributed by atoms with Crippen LogP contribution >= 0.6 is 0 Å². The van der Waals surface area contributed by atoms with Gasteiger partial charge in [-0.15, -0.1) is 0 Å². The minimum atomic E-state index is -0.253. The normalized spacial score (nSPS) is 10.4. The fraction of sp³-hybridized carbons (Fsp3) is 0. The zero-order valence-electron chi connectivity index (χ0n) is 11.7. The Bertz CT molecular complexity index is 845. The molecule has 22 heavy (non-hydrogen) atoms. The molecule has 108 valence electrons. The summed E-state index contributed by atoms with van der Waals surface area (Å²) in [6.45, 7) is 0. The van der Waals surface area contributed by atoms with Crippen LogP contribution in [0.5, 0.6) is 0 Å². The van der Waals surface area contributed by atoms with Crippen molar-refractivity contribution >= 4 is 17.3 Å². The lowest BCUT2D eigenvalue weighted by molar-refractivity contribution is 0.103. The molecule has 0 radical (unpaired) electrons. The third kappa shape index (κ3) is 2.64. The van der Waals surface area contributed by atoms with E-state index >= 15 is 0 Å². The van der Waals surface area contributed by atoms with E-state index < -0.39 is 0 Å². The van der Waals surface area contributed by atoms with E-state index in [1.807, 2.05) is 24.3 Å². The van der Waals surface area contributed by atoms with Gasteiger partial charge in [-0.25, -0.2) is 9.97 Å². The number of ketones is 1. The first-order chi connectivity index (χ1) is 10.6. The summed E-state index contributed by atoms with van der Waals surface area (Å²) >= 11 is 0. The van der Waals surface area contributed by atoms with Crippen LogP contribution in [-0.2, 0) is 0 Å². The summed E-state index contributed by atoms with van der Waals surface area (Å²) in [6.07, 6.45) is 1.54. The van der Waals surface area contributed by atoms with Gasteiger partial charge in [0.15, 0.2) is 0 Å². The van der Waals surface area contributed by atoms with Crippen molar-refractivity contribution in [2.75, 3.05) is 11.5 Å². The van der Waals surface area contributed by atoms with Crippen LogP contribution in [0, 0.1) is 0 Å². The van der Waals surface area contributed by atoms with Gasteiger partial charge >= 0.3 is 0 Å². The Morgan fingerprint density at radius 1 is 0.955 bits per heavy atom. The minimum Gasteiger partial charge on any atom is -0.399 e. The van der Waals surface area contributed by atoms with Gasteiger partial charge in [0.25, 0.3) is 0 Å². The Kier molecular flexibility index (Phi) is 3.53. The van der Waals surface area contributed by atoms with Gasteiger partial charge in [-0.2, -0.15) is 0 Å². The number of rotatable bonds is 3. The third-order valence-electron chi connectivity index (χ3n) is 3.25. The number of aromatic nitrogens is 2. The second kappa shape index (κ2) is 5.65. The van der Waals surface area contributed by atoms with E-state index in [9.17, 15) is 4.79 Å². The maximum atomic E-state index is 12.5. The average Bonchev–Trinajstić information content (AvgIpc) is 2.55. The highest BCUT2D eigenvalue weighted by Gasteiger charge is 2.14. The monoisotopic (exact) mass is 290 g/mol. The number of anilines is 2. The van der Waals surface area contributed by atoms with Crippen molar-refractivity contribution < 1.29 is 4.79 Å². The summed E-state index contributed by atoms with van der Waals surface area (Å²) in [5.74, 6) is -0.0555. The molecule has 3 rings (SSSR count). The molecule has 0 aliphatic heterocycles. The van der Waals surface area contributed by atoms with E-state index in [1.165, 1.54) is 0 Å². The predicted octanol–water partition coefficient (Wildman–Crippen LogP) is 2.54. The van der Waals surface area contributed by atoms with E-state index in [0.717, 1.165) is 5.56 Å². The van der Waals surface area contributed by atoms with Crippen LogP contribution in [0.1, 0.15) is 16.1 Å². The molecular formula is C17H14N4O. The molecule has 0 fully saturated rings. The van der Waals surface area contributed by atoms with Gasteiger partial charge in [-0.1, -0.05) is 18.2 Å². The van der Waals surface area contributed by atoms with Crippen LogP contribution < -0.4 is 11.5 Å². The fourth-order valence-corrected chi connectivity index (χ4v) is 2.17. The Morgan fingerprint density at radius 2 is 1.77 bits per heavy atom. The van der Waals surface area contributed by atoms with Gasteiger partial charge in [-0.3, -0.25) is 4.79 Å². The second-order valence-corrected chi connectivity index (χ2v) is 4.80. The average molecular weight is 290 g/mol. The lowest BCUT2D eigenvalue weighted by Gasteiger charge is -2.06. The van der Waals surface area contributed by atoms with Gasteiger partial charge in [0.2, 0.25) is 5.78 Å². The number of carbonyl (C=O) groups excluding carboxylic acids is 1. The van der Waals surface area contributed by atoms with Crippen LogP contribution in [0.2, 0.25) is 0 Å². The van der Waals surface area contributed by atoms with Crippen molar-refractivity contribution in [1.82, 2.24) is 9.97 Å². The van der Waals surface area contributed by atoms with Crippen molar-refractivity contribution in [2.45, 2.75) is 0 Å². The summed E-state index contributed by atoms with van der Waals surface area (Å²) in [5.41, 5.74) is 14.4. The van der Waals surface area contributed by atoms with E-state index in [2.05, 4.69) is 9.97 Å². The topological polar surface area (TPSA) is 94.9 Å². The van der Waals surface area contributed by atoms with Crippen LogP contribution in [0.4, 0.5) is 11.5 Å². The molecule has 0 bridgehead atoms. The van der Waals surface area contributed by atoms with Crippen molar-refractivity contribution in [2.24, 2.45) is 0 Å². The lowest BCUT2D eigenvalue weighted by Crippen LogP contribution is -2.08.